The molecule has 0 unspecified atom stereocenters. The average Bonchev–Trinajstić information content (AvgIpc) is 3.04. The number of piperidine rings is 1. The van der Waals surface area contributed by atoms with E-state index in [1.54, 1.807) is 12.1 Å². The molecule has 0 saturated carbocycles. The van der Waals surface area contributed by atoms with Crippen LogP contribution in [0.25, 0.3) is 5.65 Å². The predicted octanol–water partition coefficient (Wildman–Crippen LogP) is 3.13. The number of amides is 1. The molecule has 0 spiro atoms. The van der Waals surface area contributed by atoms with Crippen LogP contribution in [-0.4, -0.2) is 38.5 Å². The van der Waals surface area contributed by atoms with E-state index in [1.165, 1.54) is 12.1 Å². The molecule has 1 atom stereocenters. The lowest BCUT2D eigenvalue weighted by Gasteiger charge is -2.33. The van der Waals surface area contributed by atoms with Crippen molar-refractivity contribution in [2.45, 2.75) is 32.1 Å². The fraction of sp³-hybridized carbons (Fsp3) is 0.350. The molecule has 0 aliphatic carbocycles. The van der Waals surface area contributed by atoms with Gasteiger partial charge in [-0.1, -0.05) is 12.1 Å². The molecule has 6 heteroatoms. The molecule has 134 valence electrons. The summed E-state index contributed by atoms with van der Waals surface area (Å²) in [5.41, 5.74) is 3.72. The maximum absolute atomic E-state index is 13.0. The number of aryl methyl sites for hydroxylation is 1. The first-order valence-electron chi connectivity index (χ1n) is 8.93. The van der Waals surface area contributed by atoms with Gasteiger partial charge in [-0.15, -0.1) is 0 Å². The molecule has 1 saturated heterocycles. The summed E-state index contributed by atoms with van der Waals surface area (Å²) in [6.45, 7) is 3.40. The third kappa shape index (κ3) is 3.31. The molecule has 1 aliphatic heterocycles. The van der Waals surface area contributed by atoms with Gasteiger partial charge in [0.15, 0.2) is 5.65 Å². The standard InChI is InChI=1S/C20H21FN4O/c1-14-11-19-22-9-8-18(25(19)23-14)16-3-2-10-24(13-16)20(26)12-15-4-6-17(21)7-5-15/h4-9,11,16H,2-3,10,12-13H2,1H3/t16-/m1/s1. The van der Waals surface area contributed by atoms with E-state index in [-0.39, 0.29) is 17.6 Å². The molecule has 5 nitrogen and oxygen atoms in total. The third-order valence-electron chi connectivity index (χ3n) is 4.97. The van der Waals surface area contributed by atoms with Gasteiger partial charge in [-0.05, 0) is 43.5 Å². The second-order valence-electron chi connectivity index (χ2n) is 6.91. The van der Waals surface area contributed by atoms with Crippen molar-refractivity contribution in [2.24, 2.45) is 0 Å². The lowest BCUT2D eigenvalue weighted by atomic mass is 9.94. The second kappa shape index (κ2) is 6.86. The zero-order valence-electron chi connectivity index (χ0n) is 14.7. The molecule has 1 fully saturated rings. The van der Waals surface area contributed by atoms with Crippen LogP contribution in [0.3, 0.4) is 0 Å². The quantitative estimate of drug-likeness (QED) is 0.728. The van der Waals surface area contributed by atoms with E-state index in [9.17, 15) is 9.18 Å². The Morgan fingerprint density at radius 2 is 2.08 bits per heavy atom. The first kappa shape index (κ1) is 16.7. The number of hydrogen-bond acceptors (Lipinski definition) is 3. The maximum atomic E-state index is 13.0. The van der Waals surface area contributed by atoms with Crippen LogP contribution in [0.4, 0.5) is 4.39 Å². The summed E-state index contributed by atoms with van der Waals surface area (Å²) in [5, 5.41) is 4.55. The van der Waals surface area contributed by atoms with Gasteiger partial charge in [0, 0.05) is 31.3 Å². The normalized spacial score (nSPS) is 17.6. The Bertz CT molecular complexity index is 935. The van der Waals surface area contributed by atoms with Crippen LogP contribution in [0, 0.1) is 12.7 Å². The smallest absolute Gasteiger partial charge is 0.227 e. The summed E-state index contributed by atoms with van der Waals surface area (Å²) in [4.78, 5) is 19.0. The topological polar surface area (TPSA) is 50.5 Å². The van der Waals surface area contributed by atoms with Gasteiger partial charge < -0.3 is 4.90 Å². The molecule has 1 aliphatic rings. The Kier molecular flexibility index (Phi) is 4.41. The lowest BCUT2D eigenvalue weighted by molar-refractivity contribution is -0.131. The molecule has 0 radical (unpaired) electrons. The molecule has 1 amide bonds. The Morgan fingerprint density at radius 1 is 1.27 bits per heavy atom. The summed E-state index contributed by atoms with van der Waals surface area (Å²) in [6.07, 6.45) is 4.10. The van der Waals surface area contributed by atoms with Gasteiger partial charge in [-0.3, -0.25) is 4.79 Å². The number of carbonyl (C=O) groups excluding carboxylic acids is 1. The number of benzene rings is 1. The van der Waals surface area contributed by atoms with Crippen molar-refractivity contribution in [3.05, 3.63) is 65.4 Å². The van der Waals surface area contributed by atoms with E-state index in [0.717, 1.165) is 42.0 Å². The van der Waals surface area contributed by atoms with Crippen LogP contribution in [0.1, 0.15) is 35.7 Å². The van der Waals surface area contributed by atoms with E-state index in [0.29, 0.717) is 13.0 Å². The van der Waals surface area contributed by atoms with Crippen LogP contribution in [0.5, 0.6) is 0 Å². The third-order valence-corrected chi connectivity index (χ3v) is 4.97. The summed E-state index contributed by atoms with van der Waals surface area (Å²) in [7, 11) is 0. The molecule has 26 heavy (non-hydrogen) atoms. The van der Waals surface area contributed by atoms with Crippen molar-refractivity contribution in [1.29, 1.82) is 0 Å². The van der Waals surface area contributed by atoms with Crippen molar-refractivity contribution in [1.82, 2.24) is 19.5 Å². The van der Waals surface area contributed by atoms with Crippen molar-refractivity contribution in [3.8, 4) is 0 Å². The van der Waals surface area contributed by atoms with Gasteiger partial charge in [0.05, 0.1) is 17.8 Å². The highest BCUT2D eigenvalue weighted by Crippen LogP contribution is 2.27. The van der Waals surface area contributed by atoms with Crippen molar-refractivity contribution >= 4 is 11.6 Å². The van der Waals surface area contributed by atoms with E-state index >= 15 is 0 Å². The number of carbonyl (C=O) groups is 1. The highest BCUT2D eigenvalue weighted by molar-refractivity contribution is 5.79. The number of hydrogen-bond donors (Lipinski definition) is 0. The van der Waals surface area contributed by atoms with E-state index in [2.05, 4.69) is 10.1 Å². The zero-order valence-corrected chi connectivity index (χ0v) is 14.7. The van der Waals surface area contributed by atoms with E-state index < -0.39 is 0 Å². The van der Waals surface area contributed by atoms with Crippen molar-refractivity contribution < 1.29 is 9.18 Å². The number of nitrogens with zero attached hydrogens (tertiary/aromatic N) is 4. The molecule has 3 heterocycles. The van der Waals surface area contributed by atoms with Crippen LogP contribution in [0.15, 0.2) is 42.6 Å². The fourth-order valence-electron chi connectivity index (χ4n) is 3.67. The molecule has 2 aromatic heterocycles. The van der Waals surface area contributed by atoms with Gasteiger partial charge >= 0.3 is 0 Å². The monoisotopic (exact) mass is 352 g/mol. The van der Waals surface area contributed by atoms with E-state index in [4.69, 9.17) is 0 Å². The highest BCUT2D eigenvalue weighted by Gasteiger charge is 2.26. The van der Waals surface area contributed by atoms with Crippen LogP contribution in [-0.2, 0) is 11.2 Å². The second-order valence-corrected chi connectivity index (χ2v) is 6.91. The Labute approximate surface area is 151 Å². The summed E-state index contributed by atoms with van der Waals surface area (Å²) < 4.78 is 14.9. The number of fused-ring (bicyclic) bond motifs is 1. The minimum atomic E-state index is -0.282. The summed E-state index contributed by atoms with van der Waals surface area (Å²) in [6, 6.07) is 10.1. The molecule has 0 N–H and O–H groups in total. The average molecular weight is 352 g/mol. The number of halogens is 1. The van der Waals surface area contributed by atoms with Crippen molar-refractivity contribution in [2.75, 3.05) is 13.1 Å². The zero-order chi connectivity index (χ0) is 18.1. The largest absolute Gasteiger partial charge is 0.342 e. The number of aromatic nitrogens is 3. The minimum Gasteiger partial charge on any atom is -0.342 e. The van der Waals surface area contributed by atoms with E-state index in [1.807, 2.05) is 34.7 Å². The van der Waals surface area contributed by atoms with Crippen molar-refractivity contribution in [3.63, 3.8) is 0 Å². The molecule has 1 aromatic carbocycles. The van der Waals surface area contributed by atoms with Gasteiger partial charge in [0.1, 0.15) is 5.82 Å². The number of rotatable bonds is 3. The molecule has 4 rings (SSSR count). The van der Waals surface area contributed by atoms with Crippen LogP contribution in [0.2, 0.25) is 0 Å². The SMILES string of the molecule is Cc1cc2nccc([C@@H]3CCCN(C(=O)Cc4ccc(F)cc4)C3)n2n1. The van der Waals surface area contributed by atoms with Gasteiger partial charge in [-0.25, -0.2) is 13.9 Å². The highest BCUT2D eigenvalue weighted by atomic mass is 19.1. The Morgan fingerprint density at radius 3 is 2.88 bits per heavy atom. The fourth-order valence-corrected chi connectivity index (χ4v) is 3.67. The molecular weight excluding hydrogens is 331 g/mol. The van der Waals surface area contributed by atoms with Gasteiger partial charge in [0.25, 0.3) is 0 Å². The number of likely N-dealkylation sites (tertiary alicyclic amines) is 1. The Hall–Kier alpha value is -2.76. The van der Waals surface area contributed by atoms with Crippen LogP contribution < -0.4 is 0 Å². The minimum absolute atomic E-state index is 0.0863. The first-order chi connectivity index (χ1) is 12.6. The van der Waals surface area contributed by atoms with Gasteiger partial charge in [-0.2, -0.15) is 5.10 Å². The van der Waals surface area contributed by atoms with Gasteiger partial charge in [0.2, 0.25) is 5.91 Å². The van der Waals surface area contributed by atoms with Crippen LogP contribution >= 0.6 is 0 Å². The summed E-state index contributed by atoms with van der Waals surface area (Å²) >= 11 is 0. The molecular formula is C20H21FN4O. The molecule has 3 aromatic rings. The predicted molar refractivity (Wildman–Crippen MR) is 96.4 cm³/mol. The lowest BCUT2D eigenvalue weighted by Crippen LogP contribution is -2.40. The molecule has 0 bridgehead atoms. The Balaban J connectivity index is 1.51. The first-order valence-corrected chi connectivity index (χ1v) is 8.93. The maximum Gasteiger partial charge on any atom is 0.227 e. The summed E-state index contributed by atoms with van der Waals surface area (Å²) in [5.74, 6) is 0.0458.